The summed E-state index contributed by atoms with van der Waals surface area (Å²) in [4.78, 5) is 11.3. The minimum absolute atomic E-state index is 0.0727. The van der Waals surface area contributed by atoms with Crippen LogP contribution in [0.1, 0.15) is 33.1 Å². The predicted molar refractivity (Wildman–Crippen MR) is 55.6 cm³/mol. The third-order valence-corrected chi connectivity index (χ3v) is 2.22. The van der Waals surface area contributed by atoms with Crippen molar-refractivity contribution in [2.45, 2.75) is 45.3 Å². The third kappa shape index (κ3) is 5.74. The maximum atomic E-state index is 11.3. The van der Waals surface area contributed by atoms with E-state index >= 15 is 0 Å². The summed E-state index contributed by atoms with van der Waals surface area (Å²) in [6.07, 6.45) is 2.65. The number of esters is 1. The Hall–Kier alpha value is -0.610. The van der Waals surface area contributed by atoms with Crippen LogP contribution in [-0.4, -0.2) is 38.0 Å². The number of carbonyl (C=O) groups is 1. The zero-order valence-electron chi connectivity index (χ0n) is 9.53. The summed E-state index contributed by atoms with van der Waals surface area (Å²) in [7, 11) is 0. The van der Waals surface area contributed by atoms with E-state index in [1.165, 1.54) is 0 Å². The molecular formula is C11H20O4. The molecule has 1 atom stereocenters. The van der Waals surface area contributed by atoms with Crippen molar-refractivity contribution in [2.24, 2.45) is 0 Å². The van der Waals surface area contributed by atoms with Crippen LogP contribution in [0.15, 0.2) is 0 Å². The van der Waals surface area contributed by atoms with Crippen LogP contribution in [0.25, 0.3) is 0 Å². The Morgan fingerprint density at radius 2 is 2.27 bits per heavy atom. The predicted octanol–water partition coefficient (Wildman–Crippen LogP) is 1.52. The number of hydrogen-bond acceptors (Lipinski definition) is 4. The van der Waals surface area contributed by atoms with Crippen LogP contribution < -0.4 is 0 Å². The van der Waals surface area contributed by atoms with E-state index in [0.717, 1.165) is 19.4 Å². The minimum atomic E-state index is -0.186. The van der Waals surface area contributed by atoms with Gasteiger partial charge in [0, 0.05) is 6.61 Å². The van der Waals surface area contributed by atoms with Crippen molar-refractivity contribution in [3.8, 4) is 0 Å². The Morgan fingerprint density at radius 3 is 2.87 bits per heavy atom. The van der Waals surface area contributed by atoms with Gasteiger partial charge in [-0.15, -0.1) is 0 Å². The molecule has 88 valence electrons. The number of ether oxygens (including phenoxy) is 3. The first-order chi connectivity index (χ1) is 7.18. The van der Waals surface area contributed by atoms with Gasteiger partial charge in [-0.1, -0.05) is 0 Å². The second-order valence-electron chi connectivity index (χ2n) is 3.98. The summed E-state index contributed by atoms with van der Waals surface area (Å²) in [6, 6.07) is 0. The van der Waals surface area contributed by atoms with Crippen LogP contribution in [-0.2, 0) is 19.0 Å². The normalized spacial score (nSPS) is 20.9. The summed E-state index contributed by atoms with van der Waals surface area (Å²) >= 11 is 0. The van der Waals surface area contributed by atoms with E-state index in [1.54, 1.807) is 0 Å². The molecule has 1 heterocycles. The summed E-state index contributed by atoms with van der Waals surface area (Å²) in [5, 5.41) is 0. The van der Waals surface area contributed by atoms with Crippen LogP contribution in [0.3, 0.4) is 0 Å². The topological polar surface area (TPSA) is 44.8 Å². The van der Waals surface area contributed by atoms with Crippen LogP contribution in [0.5, 0.6) is 0 Å². The average Bonchev–Trinajstić information content (AvgIpc) is 2.64. The molecule has 4 nitrogen and oxygen atoms in total. The molecule has 0 radical (unpaired) electrons. The van der Waals surface area contributed by atoms with Gasteiger partial charge in [0.2, 0.25) is 0 Å². The number of carbonyl (C=O) groups excluding carboxylic acids is 1. The van der Waals surface area contributed by atoms with Gasteiger partial charge in [0.15, 0.2) is 0 Å². The van der Waals surface area contributed by atoms with E-state index in [1.807, 2.05) is 13.8 Å². The van der Waals surface area contributed by atoms with Crippen molar-refractivity contribution in [2.75, 3.05) is 19.8 Å². The first-order valence-corrected chi connectivity index (χ1v) is 5.57. The number of rotatable bonds is 6. The SMILES string of the molecule is CC(C)OCCOC(=O)CC1CCCO1. The van der Waals surface area contributed by atoms with Crippen LogP contribution >= 0.6 is 0 Å². The van der Waals surface area contributed by atoms with E-state index in [0.29, 0.717) is 19.6 Å². The van der Waals surface area contributed by atoms with Gasteiger partial charge in [0.05, 0.1) is 25.2 Å². The molecule has 1 rings (SSSR count). The summed E-state index contributed by atoms with van der Waals surface area (Å²) < 4.78 is 15.6. The molecule has 0 bridgehead atoms. The molecule has 0 N–H and O–H groups in total. The van der Waals surface area contributed by atoms with E-state index in [9.17, 15) is 4.79 Å². The van der Waals surface area contributed by atoms with Crippen molar-refractivity contribution in [1.29, 1.82) is 0 Å². The zero-order chi connectivity index (χ0) is 11.1. The lowest BCUT2D eigenvalue weighted by Gasteiger charge is -2.10. The fourth-order valence-electron chi connectivity index (χ4n) is 1.49. The molecule has 1 aliphatic rings. The van der Waals surface area contributed by atoms with Crippen molar-refractivity contribution in [3.63, 3.8) is 0 Å². The molecule has 0 aliphatic carbocycles. The molecule has 15 heavy (non-hydrogen) atoms. The largest absolute Gasteiger partial charge is 0.463 e. The van der Waals surface area contributed by atoms with Gasteiger partial charge in [-0.25, -0.2) is 0 Å². The molecule has 0 saturated carbocycles. The molecule has 0 aromatic rings. The molecule has 1 aliphatic heterocycles. The molecule has 0 aromatic heterocycles. The van der Waals surface area contributed by atoms with Crippen LogP contribution in [0.2, 0.25) is 0 Å². The van der Waals surface area contributed by atoms with E-state index < -0.39 is 0 Å². The Kier molecular flexibility index (Phi) is 5.65. The Balaban J connectivity index is 1.98. The highest BCUT2D eigenvalue weighted by Crippen LogP contribution is 2.15. The van der Waals surface area contributed by atoms with Gasteiger partial charge >= 0.3 is 5.97 Å². The zero-order valence-corrected chi connectivity index (χ0v) is 9.53. The first kappa shape index (κ1) is 12.5. The highest BCUT2D eigenvalue weighted by molar-refractivity contribution is 5.69. The van der Waals surface area contributed by atoms with E-state index in [4.69, 9.17) is 14.2 Å². The summed E-state index contributed by atoms with van der Waals surface area (Å²) in [5.74, 6) is -0.186. The summed E-state index contributed by atoms with van der Waals surface area (Å²) in [5.41, 5.74) is 0. The Morgan fingerprint density at radius 1 is 1.47 bits per heavy atom. The highest BCUT2D eigenvalue weighted by Gasteiger charge is 2.19. The molecular weight excluding hydrogens is 196 g/mol. The summed E-state index contributed by atoms with van der Waals surface area (Å²) in [6.45, 7) is 5.48. The molecule has 1 unspecified atom stereocenters. The van der Waals surface area contributed by atoms with Gasteiger partial charge in [0.1, 0.15) is 6.61 Å². The van der Waals surface area contributed by atoms with E-state index in [2.05, 4.69) is 0 Å². The Bertz CT molecular complexity index is 185. The smallest absolute Gasteiger partial charge is 0.308 e. The quantitative estimate of drug-likeness (QED) is 0.499. The molecule has 1 saturated heterocycles. The molecule has 0 amide bonds. The van der Waals surface area contributed by atoms with Crippen molar-refractivity contribution in [1.82, 2.24) is 0 Å². The second-order valence-corrected chi connectivity index (χ2v) is 3.98. The average molecular weight is 216 g/mol. The fourth-order valence-corrected chi connectivity index (χ4v) is 1.49. The Labute approximate surface area is 90.9 Å². The molecule has 0 aromatic carbocycles. The van der Waals surface area contributed by atoms with E-state index in [-0.39, 0.29) is 18.2 Å². The lowest BCUT2D eigenvalue weighted by Crippen LogP contribution is -2.18. The maximum absolute atomic E-state index is 11.3. The van der Waals surface area contributed by atoms with Crippen molar-refractivity contribution < 1.29 is 19.0 Å². The highest BCUT2D eigenvalue weighted by atomic mass is 16.6. The molecule has 4 heteroatoms. The monoisotopic (exact) mass is 216 g/mol. The number of hydrogen-bond donors (Lipinski definition) is 0. The van der Waals surface area contributed by atoms with Crippen molar-refractivity contribution in [3.05, 3.63) is 0 Å². The second kappa shape index (κ2) is 6.80. The lowest BCUT2D eigenvalue weighted by atomic mass is 10.2. The van der Waals surface area contributed by atoms with Gasteiger partial charge in [-0.05, 0) is 26.7 Å². The first-order valence-electron chi connectivity index (χ1n) is 5.57. The standard InChI is InChI=1S/C11H20O4/c1-9(2)13-6-7-15-11(12)8-10-4-3-5-14-10/h9-10H,3-8H2,1-2H3. The third-order valence-electron chi connectivity index (χ3n) is 2.22. The minimum Gasteiger partial charge on any atom is -0.463 e. The maximum Gasteiger partial charge on any atom is 0.308 e. The van der Waals surface area contributed by atoms with Crippen molar-refractivity contribution >= 4 is 5.97 Å². The molecule has 0 spiro atoms. The van der Waals surface area contributed by atoms with Gasteiger partial charge in [-0.2, -0.15) is 0 Å². The fraction of sp³-hybridized carbons (Fsp3) is 0.909. The van der Waals surface area contributed by atoms with Gasteiger partial charge in [0.25, 0.3) is 0 Å². The van der Waals surface area contributed by atoms with Crippen LogP contribution in [0, 0.1) is 0 Å². The molecule has 1 fully saturated rings. The van der Waals surface area contributed by atoms with Gasteiger partial charge in [-0.3, -0.25) is 4.79 Å². The van der Waals surface area contributed by atoms with Gasteiger partial charge < -0.3 is 14.2 Å². The lowest BCUT2D eigenvalue weighted by molar-refractivity contribution is -0.148. The van der Waals surface area contributed by atoms with Crippen LogP contribution in [0.4, 0.5) is 0 Å².